The number of nitrogens with one attached hydrogen (secondary N) is 2. The zero-order valence-corrected chi connectivity index (χ0v) is 19.4. The summed E-state index contributed by atoms with van der Waals surface area (Å²) < 4.78 is 7.03. The number of ether oxygens (including phenoxy) is 1. The fourth-order valence-electron chi connectivity index (χ4n) is 3.29. The summed E-state index contributed by atoms with van der Waals surface area (Å²) in [6, 6.07) is 15.9. The van der Waals surface area contributed by atoms with E-state index < -0.39 is 0 Å². The number of aromatic nitrogens is 4. The number of aryl methyl sites for hydroxylation is 1. The highest BCUT2D eigenvalue weighted by Gasteiger charge is 2.14. The van der Waals surface area contributed by atoms with Gasteiger partial charge in [0.15, 0.2) is 11.6 Å². The van der Waals surface area contributed by atoms with Gasteiger partial charge < -0.3 is 15.4 Å². The van der Waals surface area contributed by atoms with Crippen molar-refractivity contribution in [3.05, 3.63) is 82.1 Å². The lowest BCUT2D eigenvalue weighted by molar-refractivity contribution is 0.102. The summed E-state index contributed by atoms with van der Waals surface area (Å²) in [5.74, 6) is 1.39. The third-order valence-corrected chi connectivity index (χ3v) is 5.58. The van der Waals surface area contributed by atoms with Gasteiger partial charge in [-0.15, -0.1) is 10.2 Å². The molecular weight excluding hydrogens is 440 g/mol. The van der Waals surface area contributed by atoms with E-state index in [-0.39, 0.29) is 5.91 Å². The van der Waals surface area contributed by atoms with Gasteiger partial charge in [-0.2, -0.15) is 5.10 Å². The lowest BCUT2D eigenvalue weighted by Gasteiger charge is -2.11. The highest BCUT2D eigenvalue weighted by Crippen LogP contribution is 2.24. The van der Waals surface area contributed by atoms with E-state index in [0.717, 1.165) is 22.6 Å². The van der Waals surface area contributed by atoms with Gasteiger partial charge in [0.1, 0.15) is 5.75 Å². The molecule has 8 nitrogen and oxygen atoms in total. The Kier molecular flexibility index (Phi) is 6.28. The van der Waals surface area contributed by atoms with Crippen LogP contribution in [-0.4, -0.2) is 33.0 Å². The number of nitrogens with zero attached hydrogens (tertiary/aromatic N) is 4. The fraction of sp³-hybridized carbons (Fsp3) is 0.167. The molecule has 0 aliphatic carbocycles. The molecule has 0 fully saturated rings. The first kappa shape index (κ1) is 22.3. The number of carbonyl (C=O) groups is 1. The van der Waals surface area contributed by atoms with Crippen LogP contribution in [0.1, 0.15) is 27.3 Å². The lowest BCUT2D eigenvalue weighted by Crippen LogP contribution is -2.13. The van der Waals surface area contributed by atoms with Crippen LogP contribution in [0.2, 0.25) is 5.02 Å². The summed E-state index contributed by atoms with van der Waals surface area (Å²) in [5.41, 5.74) is 4.94. The molecule has 0 unspecified atom stereocenters. The Morgan fingerprint density at radius 3 is 2.30 bits per heavy atom. The normalized spacial score (nSPS) is 10.7. The second-order valence-corrected chi connectivity index (χ2v) is 7.92. The van der Waals surface area contributed by atoms with Gasteiger partial charge in [0, 0.05) is 22.1 Å². The average Bonchev–Trinajstić information content (AvgIpc) is 3.08. The Balaban J connectivity index is 1.43. The Labute approximate surface area is 196 Å². The van der Waals surface area contributed by atoms with Crippen LogP contribution in [0.3, 0.4) is 0 Å². The van der Waals surface area contributed by atoms with E-state index in [2.05, 4.69) is 25.9 Å². The number of rotatable bonds is 6. The van der Waals surface area contributed by atoms with Crippen molar-refractivity contribution in [2.75, 3.05) is 17.7 Å². The van der Waals surface area contributed by atoms with Crippen molar-refractivity contribution in [1.29, 1.82) is 0 Å². The Hall–Kier alpha value is -3.91. The second kappa shape index (κ2) is 9.30. The molecule has 0 aliphatic heterocycles. The zero-order valence-electron chi connectivity index (χ0n) is 18.7. The second-order valence-electron chi connectivity index (χ2n) is 7.49. The predicted molar refractivity (Wildman–Crippen MR) is 129 cm³/mol. The number of anilines is 3. The molecule has 33 heavy (non-hydrogen) atoms. The van der Waals surface area contributed by atoms with E-state index in [0.29, 0.717) is 33.7 Å². The number of amides is 1. The van der Waals surface area contributed by atoms with Crippen molar-refractivity contribution in [2.45, 2.75) is 20.8 Å². The van der Waals surface area contributed by atoms with Crippen molar-refractivity contribution < 1.29 is 9.53 Å². The molecule has 2 heterocycles. The number of methoxy groups -OCH3 is 1. The molecule has 0 bridgehead atoms. The minimum atomic E-state index is -0.309. The van der Waals surface area contributed by atoms with E-state index in [9.17, 15) is 4.79 Å². The fourth-order valence-corrected chi connectivity index (χ4v) is 3.46. The van der Waals surface area contributed by atoms with Gasteiger partial charge in [-0.25, -0.2) is 4.68 Å². The minimum Gasteiger partial charge on any atom is -0.496 e. The molecule has 2 aromatic heterocycles. The molecular formula is C24H23ClN6O2. The first-order valence-corrected chi connectivity index (χ1v) is 10.6. The first-order chi connectivity index (χ1) is 15.9. The van der Waals surface area contributed by atoms with Crippen LogP contribution in [0.4, 0.5) is 17.2 Å². The molecule has 0 spiro atoms. The maximum atomic E-state index is 12.6. The van der Waals surface area contributed by atoms with Crippen molar-refractivity contribution in [3.8, 4) is 11.6 Å². The molecule has 1 amide bonds. The zero-order chi connectivity index (χ0) is 23.5. The van der Waals surface area contributed by atoms with Crippen LogP contribution in [-0.2, 0) is 0 Å². The summed E-state index contributed by atoms with van der Waals surface area (Å²) >= 11 is 6.02. The maximum Gasteiger partial charge on any atom is 0.259 e. The van der Waals surface area contributed by atoms with Crippen LogP contribution in [0.5, 0.6) is 5.75 Å². The average molecular weight is 463 g/mol. The van der Waals surface area contributed by atoms with Crippen LogP contribution in [0.15, 0.2) is 54.6 Å². The number of hydrogen-bond donors (Lipinski definition) is 2. The summed E-state index contributed by atoms with van der Waals surface area (Å²) in [6.45, 7) is 6.01. The Morgan fingerprint density at radius 2 is 1.70 bits per heavy atom. The molecule has 4 rings (SSSR count). The van der Waals surface area contributed by atoms with Gasteiger partial charge >= 0.3 is 0 Å². The van der Waals surface area contributed by atoms with Crippen molar-refractivity contribution in [2.24, 2.45) is 0 Å². The van der Waals surface area contributed by atoms with Gasteiger partial charge in [0.25, 0.3) is 5.91 Å². The van der Waals surface area contributed by atoms with Crippen LogP contribution >= 0.6 is 11.6 Å². The minimum absolute atomic E-state index is 0.309. The summed E-state index contributed by atoms with van der Waals surface area (Å²) in [7, 11) is 1.51. The van der Waals surface area contributed by atoms with E-state index in [4.69, 9.17) is 16.3 Å². The number of benzene rings is 2. The van der Waals surface area contributed by atoms with Gasteiger partial charge in [0.2, 0.25) is 0 Å². The van der Waals surface area contributed by atoms with Crippen LogP contribution in [0.25, 0.3) is 5.82 Å². The third kappa shape index (κ3) is 4.80. The van der Waals surface area contributed by atoms with Crippen molar-refractivity contribution in [1.82, 2.24) is 20.0 Å². The van der Waals surface area contributed by atoms with Gasteiger partial charge in [-0.05, 0) is 80.9 Å². The molecule has 9 heteroatoms. The highest BCUT2D eigenvalue weighted by atomic mass is 35.5. The monoisotopic (exact) mass is 462 g/mol. The van der Waals surface area contributed by atoms with Gasteiger partial charge in [-0.1, -0.05) is 11.6 Å². The maximum absolute atomic E-state index is 12.6. The number of hydrogen-bond acceptors (Lipinski definition) is 6. The molecule has 4 aromatic rings. The smallest absolute Gasteiger partial charge is 0.259 e. The van der Waals surface area contributed by atoms with E-state index in [1.165, 1.54) is 7.11 Å². The highest BCUT2D eigenvalue weighted by molar-refractivity contribution is 6.31. The Bertz CT molecular complexity index is 1300. The molecule has 0 saturated heterocycles. The van der Waals surface area contributed by atoms with Gasteiger partial charge in [-0.3, -0.25) is 4.79 Å². The SMILES string of the molecule is COc1ccc(Cl)cc1C(=O)Nc1ccc(Nc2ccc(-n3nc(C)c(C)c3C)nn2)cc1. The Morgan fingerprint density at radius 1 is 0.970 bits per heavy atom. The summed E-state index contributed by atoms with van der Waals surface area (Å²) in [6.07, 6.45) is 0. The summed E-state index contributed by atoms with van der Waals surface area (Å²) in [5, 5.41) is 19.5. The van der Waals surface area contributed by atoms with Crippen molar-refractivity contribution >= 4 is 34.7 Å². The molecule has 2 N–H and O–H groups in total. The summed E-state index contributed by atoms with van der Waals surface area (Å²) in [4.78, 5) is 12.6. The third-order valence-electron chi connectivity index (χ3n) is 5.34. The molecule has 0 aliphatic rings. The van der Waals surface area contributed by atoms with E-state index in [1.54, 1.807) is 35.0 Å². The standard InChI is InChI=1S/C24H23ClN6O2/c1-14-15(2)30-31(16(14)3)23-12-11-22(28-29-23)26-18-6-8-19(9-7-18)27-24(32)20-13-17(25)5-10-21(20)33-4/h5-13H,1-4H3,(H,26,28)(H,27,32). The number of carbonyl (C=O) groups excluding carboxylic acids is 1. The van der Waals surface area contributed by atoms with Crippen LogP contribution in [0, 0.1) is 20.8 Å². The molecule has 0 radical (unpaired) electrons. The molecule has 2 aromatic carbocycles. The molecule has 168 valence electrons. The van der Waals surface area contributed by atoms with E-state index in [1.807, 2.05) is 45.0 Å². The topological polar surface area (TPSA) is 94.0 Å². The largest absolute Gasteiger partial charge is 0.496 e. The van der Waals surface area contributed by atoms with Crippen molar-refractivity contribution in [3.63, 3.8) is 0 Å². The van der Waals surface area contributed by atoms with Crippen LogP contribution < -0.4 is 15.4 Å². The predicted octanol–water partition coefficient (Wildman–Crippen LogP) is 5.25. The molecule has 0 saturated carbocycles. The molecule has 0 atom stereocenters. The lowest BCUT2D eigenvalue weighted by atomic mass is 10.1. The van der Waals surface area contributed by atoms with Gasteiger partial charge in [0.05, 0.1) is 18.4 Å². The quantitative estimate of drug-likeness (QED) is 0.406. The first-order valence-electron chi connectivity index (χ1n) is 10.2. The van der Waals surface area contributed by atoms with E-state index >= 15 is 0 Å². The number of halogens is 1.